The Bertz CT molecular complexity index is 1300. The van der Waals surface area contributed by atoms with E-state index in [1.54, 1.807) is 42.5 Å². The Morgan fingerprint density at radius 3 is 2.49 bits per heavy atom. The quantitative estimate of drug-likeness (QED) is 0.530. The minimum Gasteiger partial charge on any atom is -0.366 e. The number of rotatable bonds is 6. The summed E-state index contributed by atoms with van der Waals surface area (Å²) in [6, 6.07) is 16.3. The van der Waals surface area contributed by atoms with Crippen LogP contribution >= 0.6 is 11.6 Å². The van der Waals surface area contributed by atoms with Gasteiger partial charge < -0.3 is 16.0 Å². The van der Waals surface area contributed by atoms with Crippen LogP contribution < -0.4 is 11.1 Å². The van der Waals surface area contributed by atoms with E-state index >= 15 is 4.39 Å². The van der Waals surface area contributed by atoms with Gasteiger partial charge in [-0.1, -0.05) is 54.1 Å². The summed E-state index contributed by atoms with van der Waals surface area (Å²) >= 11 is 6.19. The van der Waals surface area contributed by atoms with E-state index in [4.69, 9.17) is 17.3 Å². The molecular formula is C26H22ClF2N3O3. The topological polar surface area (TPSA) is 92.5 Å². The maximum absolute atomic E-state index is 15.2. The zero-order chi connectivity index (χ0) is 25.1. The number of alkyl halides is 1. The van der Waals surface area contributed by atoms with Crippen molar-refractivity contribution in [3.8, 4) is 11.1 Å². The number of amides is 3. The smallest absolute Gasteiger partial charge is 0.248 e. The molecule has 0 saturated carbocycles. The molecule has 0 radical (unpaired) electrons. The first-order valence-corrected chi connectivity index (χ1v) is 11.3. The van der Waals surface area contributed by atoms with Crippen LogP contribution in [0.15, 0.2) is 66.7 Å². The van der Waals surface area contributed by atoms with E-state index in [2.05, 4.69) is 5.32 Å². The van der Waals surface area contributed by atoms with Crippen molar-refractivity contribution in [3.63, 3.8) is 0 Å². The van der Waals surface area contributed by atoms with Gasteiger partial charge in [-0.15, -0.1) is 0 Å². The molecule has 0 aliphatic carbocycles. The molecular weight excluding hydrogens is 476 g/mol. The fourth-order valence-electron chi connectivity index (χ4n) is 4.15. The van der Waals surface area contributed by atoms with Crippen LogP contribution in [0.3, 0.4) is 0 Å². The van der Waals surface area contributed by atoms with Crippen LogP contribution in [0.5, 0.6) is 0 Å². The Kier molecular flexibility index (Phi) is 7.12. The second-order valence-electron chi connectivity index (χ2n) is 8.27. The number of hydrogen-bond acceptors (Lipinski definition) is 3. The summed E-state index contributed by atoms with van der Waals surface area (Å²) in [5, 5.41) is 2.85. The van der Waals surface area contributed by atoms with Crippen molar-refractivity contribution in [2.45, 2.75) is 25.1 Å². The molecule has 3 aromatic carbocycles. The second kappa shape index (κ2) is 10.2. The summed E-state index contributed by atoms with van der Waals surface area (Å²) in [6.07, 6.45) is -1.75. The highest BCUT2D eigenvalue weighted by molar-refractivity contribution is 6.33. The number of benzene rings is 3. The van der Waals surface area contributed by atoms with E-state index in [9.17, 15) is 18.8 Å². The standard InChI is InChI=1S/C26H22ClF2N3O3/c27-20-9-2-1-7-18(20)19-8-4-10-21(24(19)29)31-26(35)22-13-17(28)14-32(22)23(33)12-15-5-3-6-16(11-15)25(30)34/h1-11,17,22H,12-14H2,(H2,30,34)(H,31,35)/t17-,22?/m1/s1. The van der Waals surface area contributed by atoms with E-state index in [1.165, 1.54) is 24.3 Å². The molecule has 4 rings (SSSR count). The molecule has 0 aromatic heterocycles. The van der Waals surface area contributed by atoms with Gasteiger partial charge in [0.1, 0.15) is 12.2 Å². The predicted octanol–water partition coefficient (Wildman–Crippen LogP) is 4.37. The molecule has 1 heterocycles. The summed E-state index contributed by atoms with van der Waals surface area (Å²) in [5.41, 5.74) is 6.59. The average Bonchev–Trinajstić information content (AvgIpc) is 3.23. The van der Waals surface area contributed by atoms with Crippen LogP contribution in [-0.4, -0.2) is 41.4 Å². The third kappa shape index (κ3) is 5.33. The molecule has 9 heteroatoms. The van der Waals surface area contributed by atoms with E-state index in [0.29, 0.717) is 16.1 Å². The number of likely N-dealkylation sites (tertiary alicyclic amines) is 1. The monoisotopic (exact) mass is 497 g/mol. The normalized spacial score (nSPS) is 17.3. The van der Waals surface area contributed by atoms with Crippen LogP contribution in [0.4, 0.5) is 14.5 Å². The molecule has 0 spiro atoms. The number of nitrogens with one attached hydrogen (secondary N) is 1. The highest BCUT2D eigenvalue weighted by Gasteiger charge is 2.40. The number of carbonyl (C=O) groups is 3. The van der Waals surface area contributed by atoms with Crippen LogP contribution in [0.2, 0.25) is 5.02 Å². The van der Waals surface area contributed by atoms with Crippen molar-refractivity contribution in [2.75, 3.05) is 11.9 Å². The number of halogens is 3. The Labute approximate surface area is 205 Å². The van der Waals surface area contributed by atoms with E-state index in [1.807, 2.05) is 0 Å². The largest absolute Gasteiger partial charge is 0.366 e. The summed E-state index contributed by atoms with van der Waals surface area (Å²) in [4.78, 5) is 38.5. The number of anilines is 1. The van der Waals surface area contributed by atoms with Gasteiger partial charge in [0.05, 0.1) is 18.7 Å². The first kappa shape index (κ1) is 24.3. The van der Waals surface area contributed by atoms with Gasteiger partial charge in [0.2, 0.25) is 17.7 Å². The number of primary amides is 1. The minimum absolute atomic E-state index is 0.101. The highest BCUT2D eigenvalue weighted by Crippen LogP contribution is 2.33. The second-order valence-corrected chi connectivity index (χ2v) is 8.68. The summed E-state index contributed by atoms with van der Waals surface area (Å²) in [5.74, 6) is -2.51. The summed E-state index contributed by atoms with van der Waals surface area (Å²) in [7, 11) is 0. The van der Waals surface area contributed by atoms with Gasteiger partial charge in [-0.2, -0.15) is 0 Å². The van der Waals surface area contributed by atoms with E-state index in [0.717, 1.165) is 4.90 Å². The lowest BCUT2D eigenvalue weighted by Gasteiger charge is -2.24. The van der Waals surface area contributed by atoms with Crippen LogP contribution in [0.1, 0.15) is 22.3 Å². The maximum Gasteiger partial charge on any atom is 0.248 e. The van der Waals surface area contributed by atoms with Crippen molar-refractivity contribution < 1.29 is 23.2 Å². The maximum atomic E-state index is 15.2. The molecule has 6 nitrogen and oxygen atoms in total. The molecule has 1 saturated heterocycles. The van der Waals surface area contributed by atoms with Crippen LogP contribution in [-0.2, 0) is 16.0 Å². The van der Waals surface area contributed by atoms with Crippen molar-refractivity contribution in [3.05, 3.63) is 88.7 Å². The zero-order valence-corrected chi connectivity index (χ0v) is 19.3. The molecule has 2 atom stereocenters. The molecule has 1 aliphatic rings. The fourth-order valence-corrected chi connectivity index (χ4v) is 4.39. The van der Waals surface area contributed by atoms with Gasteiger partial charge in [0.15, 0.2) is 5.82 Å². The Morgan fingerprint density at radius 2 is 1.74 bits per heavy atom. The minimum atomic E-state index is -1.40. The highest BCUT2D eigenvalue weighted by atomic mass is 35.5. The number of hydrogen-bond donors (Lipinski definition) is 2. The molecule has 3 N–H and O–H groups in total. The van der Waals surface area contributed by atoms with Crippen molar-refractivity contribution >= 4 is 35.0 Å². The summed E-state index contributed by atoms with van der Waals surface area (Å²) in [6.45, 7) is -0.255. The van der Waals surface area contributed by atoms with Gasteiger partial charge >= 0.3 is 0 Å². The third-order valence-electron chi connectivity index (χ3n) is 5.86. The molecule has 3 amide bonds. The molecule has 1 unspecified atom stereocenters. The van der Waals surface area contributed by atoms with Gasteiger partial charge in [0, 0.05) is 28.1 Å². The fraction of sp³-hybridized carbons (Fsp3) is 0.192. The third-order valence-corrected chi connectivity index (χ3v) is 6.19. The number of carbonyl (C=O) groups excluding carboxylic acids is 3. The Balaban J connectivity index is 1.52. The van der Waals surface area contributed by atoms with Crippen LogP contribution in [0, 0.1) is 5.82 Å². The lowest BCUT2D eigenvalue weighted by molar-refractivity contribution is -0.136. The SMILES string of the molecule is NC(=O)c1cccc(CC(=O)N2C[C@H](F)CC2C(=O)Nc2cccc(-c3ccccc3Cl)c2F)c1. The molecule has 180 valence electrons. The Hall–Kier alpha value is -3.78. The van der Waals surface area contributed by atoms with Gasteiger partial charge in [-0.3, -0.25) is 14.4 Å². The first-order chi connectivity index (χ1) is 16.7. The van der Waals surface area contributed by atoms with Gasteiger partial charge in [-0.05, 0) is 29.8 Å². The number of nitrogens with two attached hydrogens (primary N) is 1. The Morgan fingerprint density at radius 1 is 1.03 bits per heavy atom. The molecule has 35 heavy (non-hydrogen) atoms. The predicted molar refractivity (Wildman–Crippen MR) is 129 cm³/mol. The van der Waals surface area contributed by atoms with Crippen molar-refractivity contribution in [2.24, 2.45) is 5.73 Å². The lowest BCUT2D eigenvalue weighted by atomic mass is 10.0. The number of nitrogens with zero attached hydrogens (tertiary/aromatic N) is 1. The zero-order valence-electron chi connectivity index (χ0n) is 18.5. The van der Waals surface area contributed by atoms with Crippen molar-refractivity contribution in [1.82, 2.24) is 4.90 Å². The van der Waals surface area contributed by atoms with E-state index in [-0.39, 0.29) is 36.2 Å². The summed E-state index contributed by atoms with van der Waals surface area (Å²) < 4.78 is 29.5. The molecule has 1 fully saturated rings. The van der Waals surface area contributed by atoms with Gasteiger partial charge in [-0.25, -0.2) is 8.78 Å². The first-order valence-electron chi connectivity index (χ1n) is 10.9. The van der Waals surface area contributed by atoms with Gasteiger partial charge in [0.25, 0.3) is 0 Å². The lowest BCUT2D eigenvalue weighted by Crippen LogP contribution is -2.44. The van der Waals surface area contributed by atoms with Crippen molar-refractivity contribution in [1.29, 1.82) is 0 Å². The molecule has 1 aliphatic heterocycles. The molecule has 0 bridgehead atoms. The average molecular weight is 498 g/mol. The van der Waals surface area contributed by atoms with E-state index < -0.39 is 35.8 Å². The van der Waals surface area contributed by atoms with Crippen LogP contribution in [0.25, 0.3) is 11.1 Å². The molecule has 3 aromatic rings.